The highest BCUT2D eigenvalue weighted by atomic mass is 15.2. The molecule has 0 amide bonds. The zero-order valence-electron chi connectivity index (χ0n) is 9.63. The second kappa shape index (κ2) is 4.63. The van der Waals surface area contributed by atoms with Gasteiger partial charge in [-0.15, -0.1) is 0 Å². The van der Waals surface area contributed by atoms with Gasteiger partial charge in [-0.2, -0.15) is 0 Å². The Morgan fingerprint density at radius 2 is 2.14 bits per heavy atom. The van der Waals surface area contributed by atoms with Gasteiger partial charge in [0, 0.05) is 18.6 Å². The van der Waals surface area contributed by atoms with Gasteiger partial charge >= 0.3 is 0 Å². The van der Waals surface area contributed by atoms with Crippen molar-refractivity contribution in [1.29, 1.82) is 0 Å². The van der Waals surface area contributed by atoms with Gasteiger partial charge in [-0.05, 0) is 51.6 Å². The monoisotopic (exact) mass is 196 g/mol. The highest BCUT2D eigenvalue weighted by molar-refractivity contribution is 4.83. The van der Waals surface area contributed by atoms with E-state index in [1.807, 2.05) is 0 Å². The van der Waals surface area contributed by atoms with Crippen molar-refractivity contribution in [3.8, 4) is 0 Å². The van der Waals surface area contributed by atoms with E-state index in [4.69, 9.17) is 0 Å². The first-order valence-electron chi connectivity index (χ1n) is 6.19. The molecule has 1 heterocycles. The number of hydrogen-bond donors (Lipinski definition) is 1. The van der Waals surface area contributed by atoms with Gasteiger partial charge in [0.25, 0.3) is 0 Å². The molecule has 3 atom stereocenters. The molecule has 3 unspecified atom stereocenters. The van der Waals surface area contributed by atoms with Crippen LogP contribution >= 0.6 is 0 Å². The molecule has 1 N–H and O–H groups in total. The van der Waals surface area contributed by atoms with E-state index in [-0.39, 0.29) is 0 Å². The minimum atomic E-state index is 0.774. The lowest BCUT2D eigenvalue weighted by molar-refractivity contribution is 0.221. The smallest absolute Gasteiger partial charge is 0.0195 e. The average Bonchev–Trinajstić information content (AvgIpc) is 2.75. The number of nitrogens with zero attached hydrogens (tertiary/aromatic N) is 1. The average molecular weight is 196 g/mol. The Balaban J connectivity index is 1.74. The molecule has 0 aromatic carbocycles. The zero-order valence-corrected chi connectivity index (χ0v) is 9.63. The fraction of sp³-hybridized carbons (Fsp3) is 1.00. The summed E-state index contributed by atoms with van der Waals surface area (Å²) in [5.41, 5.74) is 0. The standard InChI is InChI=1S/C12H24N2/c1-10-5-6-12(8-10)14(2)9-11-4-3-7-13-11/h10-13H,3-9H2,1-2H3. The van der Waals surface area contributed by atoms with E-state index >= 15 is 0 Å². The summed E-state index contributed by atoms with van der Waals surface area (Å²) in [5.74, 6) is 0.957. The Bertz CT molecular complexity index is 175. The molecule has 0 aromatic heterocycles. The molecule has 2 rings (SSSR count). The maximum absolute atomic E-state index is 3.58. The lowest BCUT2D eigenvalue weighted by Crippen LogP contribution is -2.40. The van der Waals surface area contributed by atoms with Crippen LogP contribution in [0.15, 0.2) is 0 Å². The Kier molecular flexibility index (Phi) is 3.45. The predicted octanol–water partition coefficient (Wildman–Crippen LogP) is 1.86. The van der Waals surface area contributed by atoms with Crippen molar-refractivity contribution in [2.24, 2.45) is 5.92 Å². The number of likely N-dealkylation sites (N-methyl/N-ethyl adjacent to an activating group) is 1. The summed E-state index contributed by atoms with van der Waals surface area (Å²) in [6.45, 7) is 4.89. The summed E-state index contributed by atoms with van der Waals surface area (Å²) in [6, 6.07) is 1.64. The van der Waals surface area contributed by atoms with Crippen LogP contribution in [0.1, 0.15) is 39.0 Å². The molecule has 1 aliphatic carbocycles. The van der Waals surface area contributed by atoms with E-state index in [1.165, 1.54) is 45.2 Å². The van der Waals surface area contributed by atoms with Gasteiger partial charge < -0.3 is 10.2 Å². The summed E-state index contributed by atoms with van der Waals surface area (Å²) in [6.07, 6.45) is 7.03. The molecule has 14 heavy (non-hydrogen) atoms. The number of nitrogens with one attached hydrogen (secondary N) is 1. The van der Waals surface area contributed by atoms with Crippen molar-refractivity contribution in [1.82, 2.24) is 10.2 Å². The predicted molar refractivity (Wildman–Crippen MR) is 60.5 cm³/mol. The second-order valence-corrected chi connectivity index (χ2v) is 5.30. The highest BCUT2D eigenvalue weighted by Crippen LogP contribution is 2.28. The van der Waals surface area contributed by atoms with Gasteiger partial charge in [-0.1, -0.05) is 6.92 Å². The first-order valence-corrected chi connectivity index (χ1v) is 6.19. The zero-order chi connectivity index (χ0) is 9.97. The molecule has 1 saturated heterocycles. The van der Waals surface area contributed by atoms with Crippen LogP contribution in [0.4, 0.5) is 0 Å². The highest BCUT2D eigenvalue weighted by Gasteiger charge is 2.26. The molecule has 1 saturated carbocycles. The van der Waals surface area contributed by atoms with Crippen LogP contribution in [0.5, 0.6) is 0 Å². The molecule has 0 radical (unpaired) electrons. The van der Waals surface area contributed by atoms with Gasteiger partial charge in [0.1, 0.15) is 0 Å². The molecule has 2 aliphatic rings. The van der Waals surface area contributed by atoms with Crippen LogP contribution in [0.2, 0.25) is 0 Å². The van der Waals surface area contributed by atoms with Gasteiger partial charge in [-0.3, -0.25) is 0 Å². The maximum Gasteiger partial charge on any atom is 0.0195 e. The molecular weight excluding hydrogens is 172 g/mol. The van der Waals surface area contributed by atoms with Crippen LogP contribution in [0.3, 0.4) is 0 Å². The molecule has 2 nitrogen and oxygen atoms in total. The molecule has 2 fully saturated rings. The third kappa shape index (κ3) is 2.48. The first-order chi connectivity index (χ1) is 6.75. The van der Waals surface area contributed by atoms with Crippen LogP contribution < -0.4 is 5.32 Å². The fourth-order valence-corrected chi connectivity index (χ4v) is 2.99. The van der Waals surface area contributed by atoms with E-state index in [0.717, 1.165) is 18.0 Å². The molecule has 0 aromatic rings. The van der Waals surface area contributed by atoms with Crippen molar-refractivity contribution in [2.45, 2.75) is 51.1 Å². The minimum absolute atomic E-state index is 0.774. The normalized spacial score (nSPS) is 38.4. The third-order valence-electron chi connectivity index (χ3n) is 3.96. The van der Waals surface area contributed by atoms with Gasteiger partial charge in [0.05, 0.1) is 0 Å². The second-order valence-electron chi connectivity index (χ2n) is 5.30. The summed E-state index contributed by atoms with van der Waals surface area (Å²) in [5, 5.41) is 3.58. The summed E-state index contributed by atoms with van der Waals surface area (Å²) >= 11 is 0. The van der Waals surface area contributed by atoms with Gasteiger partial charge in [0.2, 0.25) is 0 Å². The van der Waals surface area contributed by atoms with Crippen molar-refractivity contribution in [3.63, 3.8) is 0 Å². The van der Waals surface area contributed by atoms with Crippen LogP contribution in [0.25, 0.3) is 0 Å². The lowest BCUT2D eigenvalue weighted by atomic mass is 10.1. The van der Waals surface area contributed by atoms with Crippen molar-refractivity contribution >= 4 is 0 Å². The maximum atomic E-state index is 3.58. The Hall–Kier alpha value is -0.0800. The lowest BCUT2D eigenvalue weighted by Gasteiger charge is -2.27. The molecule has 2 heteroatoms. The van der Waals surface area contributed by atoms with E-state index in [2.05, 4.69) is 24.2 Å². The number of rotatable bonds is 3. The van der Waals surface area contributed by atoms with Gasteiger partial charge in [0.15, 0.2) is 0 Å². The number of hydrogen-bond acceptors (Lipinski definition) is 2. The van der Waals surface area contributed by atoms with Crippen LogP contribution in [0, 0.1) is 5.92 Å². The van der Waals surface area contributed by atoms with Crippen molar-refractivity contribution in [3.05, 3.63) is 0 Å². The quantitative estimate of drug-likeness (QED) is 0.741. The van der Waals surface area contributed by atoms with Crippen molar-refractivity contribution in [2.75, 3.05) is 20.1 Å². The molecule has 0 spiro atoms. The van der Waals surface area contributed by atoms with Gasteiger partial charge in [-0.25, -0.2) is 0 Å². The summed E-state index contributed by atoms with van der Waals surface area (Å²) in [4.78, 5) is 2.59. The van der Waals surface area contributed by atoms with E-state index < -0.39 is 0 Å². The largest absolute Gasteiger partial charge is 0.313 e. The Morgan fingerprint density at radius 1 is 1.29 bits per heavy atom. The first kappa shape index (κ1) is 10.4. The minimum Gasteiger partial charge on any atom is -0.313 e. The van der Waals surface area contributed by atoms with Crippen LogP contribution in [-0.4, -0.2) is 37.1 Å². The SMILES string of the molecule is CC1CCC(N(C)CC2CCCN2)C1. The summed E-state index contributed by atoms with van der Waals surface area (Å²) in [7, 11) is 2.31. The van der Waals surface area contributed by atoms with Crippen molar-refractivity contribution < 1.29 is 0 Å². The molecular formula is C12H24N2. The third-order valence-corrected chi connectivity index (χ3v) is 3.96. The summed E-state index contributed by atoms with van der Waals surface area (Å²) < 4.78 is 0. The van der Waals surface area contributed by atoms with E-state index in [0.29, 0.717) is 0 Å². The molecule has 82 valence electrons. The Labute approximate surface area is 88.1 Å². The molecule has 1 aliphatic heterocycles. The van der Waals surface area contributed by atoms with E-state index in [9.17, 15) is 0 Å². The van der Waals surface area contributed by atoms with E-state index in [1.54, 1.807) is 0 Å². The Morgan fingerprint density at radius 3 is 2.71 bits per heavy atom. The van der Waals surface area contributed by atoms with Crippen LogP contribution in [-0.2, 0) is 0 Å². The molecule has 0 bridgehead atoms. The fourth-order valence-electron chi connectivity index (χ4n) is 2.99. The topological polar surface area (TPSA) is 15.3 Å².